The van der Waals surface area contributed by atoms with E-state index in [-0.39, 0.29) is 0 Å². The minimum absolute atomic E-state index is 0.601. The lowest BCUT2D eigenvalue weighted by atomic mass is 10.0. The Labute approximate surface area is 139 Å². The summed E-state index contributed by atoms with van der Waals surface area (Å²) in [4.78, 5) is 4.45. The summed E-state index contributed by atoms with van der Waals surface area (Å²) < 4.78 is 5.30. The number of H-pyrrole nitrogens is 1. The lowest BCUT2D eigenvalue weighted by Crippen LogP contribution is -2.17. The molecule has 4 aromatic rings. The highest BCUT2D eigenvalue weighted by Gasteiger charge is 2.07. The van der Waals surface area contributed by atoms with Crippen LogP contribution in [0.3, 0.4) is 0 Å². The number of hydrogen-bond acceptors (Lipinski definition) is 4. The fourth-order valence-corrected chi connectivity index (χ4v) is 2.80. The molecule has 2 aromatic heterocycles. The third-order valence-corrected chi connectivity index (χ3v) is 4.01. The van der Waals surface area contributed by atoms with Gasteiger partial charge in [0.25, 0.3) is 0 Å². The van der Waals surface area contributed by atoms with Gasteiger partial charge in [-0.25, -0.2) is 4.98 Å². The summed E-state index contributed by atoms with van der Waals surface area (Å²) in [6.07, 6.45) is 2.41. The molecule has 0 saturated carbocycles. The van der Waals surface area contributed by atoms with Gasteiger partial charge >= 0.3 is 0 Å². The molecule has 5 nitrogen and oxygen atoms in total. The molecule has 2 N–H and O–H groups in total. The van der Waals surface area contributed by atoms with Gasteiger partial charge in [0.2, 0.25) is 5.82 Å². The Morgan fingerprint density at radius 3 is 2.83 bits per heavy atom. The Bertz CT molecular complexity index is 922. The number of furan rings is 1. The summed E-state index contributed by atoms with van der Waals surface area (Å²) in [7, 11) is 0. The zero-order chi connectivity index (χ0) is 16.2. The number of aromatic amines is 1. The number of aromatic nitrogens is 3. The van der Waals surface area contributed by atoms with Gasteiger partial charge in [0, 0.05) is 19.5 Å². The number of hydrogen-bond donors (Lipinski definition) is 2. The predicted octanol–water partition coefficient (Wildman–Crippen LogP) is 3.55. The van der Waals surface area contributed by atoms with Gasteiger partial charge in [-0.15, -0.1) is 0 Å². The Morgan fingerprint density at radius 1 is 1.00 bits per heavy atom. The molecule has 0 amide bonds. The van der Waals surface area contributed by atoms with Gasteiger partial charge in [-0.05, 0) is 28.5 Å². The van der Waals surface area contributed by atoms with Crippen LogP contribution in [0.4, 0.5) is 0 Å². The van der Waals surface area contributed by atoms with Crippen LogP contribution in [0.25, 0.3) is 22.4 Å². The van der Waals surface area contributed by atoms with Gasteiger partial charge < -0.3 is 9.73 Å². The normalized spacial score (nSPS) is 11.2. The van der Waals surface area contributed by atoms with Crippen LogP contribution in [-0.4, -0.2) is 21.7 Å². The molecule has 0 aliphatic carbocycles. The van der Waals surface area contributed by atoms with E-state index in [4.69, 9.17) is 4.42 Å². The van der Waals surface area contributed by atoms with Crippen LogP contribution in [0.15, 0.2) is 65.3 Å². The van der Waals surface area contributed by atoms with E-state index in [1.807, 2.05) is 12.1 Å². The Balaban J connectivity index is 1.35. The fraction of sp³-hybridized carbons (Fsp3) is 0.158. The maximum absolute atomic E-state index is 5.30. The predicted molar refractivity (Wildman–Crippen MR) is 93.4 cm³/mol. The van der Waals surface area contributed by atoms with E-state index >= 15 is 0 Å². The summed E-state index contributed by atoms with van der Waals surface area (Å²) in [5, 5.41) is 13.2. The third-order valence-electron chi connectivity index (χ3n) is 4.01. The Kier molecular flexibility index (Phi) is 4.08. The second-order valence-corrected chi connectivity index (χ2v) is 5.65. The second kappa shape index (κ2) is 6.68. The molecule has 0 radical (unpaired) electrons. The highest BCUT2D eigenvalue weighted by Crippen LogP contribution is 2.18. The maximum Gasteiger partial charge on any atom is 0.216 e. The highest BCUT2D eigenvalue weighted by atomic mass is 16.3. The molecule has 0 aliphatic rings. The van der Waals surface area contributed by atoms with Gasteiger partial charge in [0.1, 0.15) is 5.82 Å². The van der Waals surface area contributed by atoms with Gasteiger partial charge in [0.15, 0.2) is 5.76 Å². The van der Waals surface area contributed by atoms with Crippen molar-refractivity contribution < 1.29 is 4.42 Å². The molecule has 4 rings (SSSR count). The average molecular weight is 318 g/mol. The van der Waals surface area contributed by atoms with Crippen molar-refractivity contribution in [3.05, 3.63) is 72.2 Å². The molecule has 2 heterocycles. The van der Waals surface area contributed by atoms with Crippen LogP contribution in [0.1, 0.15) is 11.4 Å². The fourth-order valence-electron chi connectivity index (χ4n) is 2.80. The van der Waals surface area contributed by atoms with Crippen LogP contribution >= 0.6 is 0 Å². The van der Waals surface area contributed by atoms with Gasteiger partial charge in [-0.2, -0.15) is 5.10 Å². The maximum atomic E-state index is 5.30. The zero-order valence-corrected chi connectivity index (χ0v) is 13.2. The first kappa shape index (κ1) is 14.7. The van der Waals surface area contributed by atoms with Crippen molar-refractivity contribution in [2.24, 2.45) is 0 Å². The van der Waals surface area contributed by atoms with E-state index < -0.39 is 0 Å². The van der Waals surface area contributed by atoms with Crippen LogP contribution in [0.2, 0.25) is 0 Å². The third kappa shape index (κ3) is 3.07. The van der Waals surface area contributed by atoms with E-state index in [1.54, 1.807) is 6.26 Å². The Hall–Kier alpha value is -2.92. The van der Waals surface area contributed by atoms with Crippen molar-refractivity contribution in [1.82, 2.24) is 20.5 Å². The molecule has 5 heteroatoms. The van der Waals surface area contributed by atoms with E-state index in [2.05, 4.69) is 63.0 Å². The van der Waals surface area contributed by atoms with Crippen LogP contribution < -0.4 is 5.32 Å². The van der Waals surface area contributed by atoms with Crippen LogP contribution in [-0.2, 0) is 13.0 Å². The number of nitrogens with zero attached hydrogens (tertiary/aromatic N) is 2. The second-order valence-electron chi connectivity index (χ2n) is 5.65. The summed E-state index contributed by atoms with van der Waals surface area (Å²) in [6.45, 7) is 1.66. The minimum atomic E-state index is 0.601. The monoisotopic (exact) mass is 318 g/mol. The van der Waals surface area contributed by atoms with Crippen molar-refractivity contribution >= 4 is 10.8 Å². The molecule has 0 saturated heterocycles. The molecule has 0 fully saturated rings. The van der Waals surface area contributed by atoms with E-state index in [0.717, 1.165) is 25.3 Å². The first-order valence-electron chi connectivity index (χ1n) is 8.03. The van der Waals surface area contributed by atoms with E-state index in [9.17, 15) is 0 Å². The highest BCUT2D eigenvalue weighted by molar-refractivity contribution is 5.85. The molecule has 0 spiro atoms. The van der Waals surface area contributed by atoms with E-state index in [0.29, 0.717) is 11.6 Å². The first-order chi connectivity index (χ1) is 11.9. The Morgan fingerprint density at radius 2 is 1.92 bits per heavy atom. The molecule has 2 aromatic carbocycles. The molecule has 0 unspecified atom stereocenters. The van der Waals surface area contributed by atoms with Crippen LogP contribution in [0.5, 0.6) is 0 Å². The molecular weight excluding hydrogens is 300 g/mol. The summed E-state index contributed by atoms with van der Waals surface area (Å²) >= 11 is 0. The van der Waals surface area contributed by atoms with Crippen molar-refractivity contribution in [1.29, 1.82) is 0 Å². The molecule has 0 bridgehead atoms. The largest absolute Gasteiger partial charge is 0.461 e. The quantitative estimate of drug-likeness (QED) is 0.534. The molecule has 24 heavy (non-hydrogen) atoms. The molecule has 120 valence electrons. The SMILES string of the molecule is c1coc(-c2n[nH]c(CCNCc3cccc4ccccc34)n2)c1. The number of benzene rings is 2. The summed E-state index contributed by atoms with van der Waals surface area (Å²) in [6, 6.07) is 18.6. The lowest BCUT2D eigenvalue weighted by Gasteiger charge is -2.07. The standard InChI is InChI=1S/C19H18N4O/c1-2-8-16-14(5-1)6-3-7-15(16)13-20-11-10-18-21-19(23-22-18)17-9-4-12-24-17/h1-9,12,20H,10-11,13H2,(H,21,22,23). The van der Waals surface area contributed by atoms with Crippen LogP contribution in [0, 0.1) is 0 Å². The molecular formula is C19H18N4O. The smallest absolute Gasteiger partial charge is 0.216 e. The number of nitrogens with one attached hydrogen (secondary N) is 2. The minimum Gasteiger partial charge on any atom is -0.461 e. The molecule has 0 aliphatic heterocycles. The lowest BCUT2D eigenvalue weighted by molar-refractivity contribution is 0.577. The van der Waals surface area contributed by atoms with Crippen molar-refractivity contribution in [2.45, 2.75) is 13.0 Å². The van der Waals surface area contributed by atoms with Gasteiger partial charge in [-0.1, -0.05) is 42.5 Å². The summed E-state index contributed by atoms with van der Waals surface area (Å²) in [5.41, 5.74) is 1.31. The van der Waals surface area contributed by atoms with Gasteiger partial charge in [0.05, 0.1) is 6.26 Å². The average Bonchev–Trinajstić information content (AvgIpc) is 3.30. The summed E-state index contributed by atoms with van der Waals surface area (Å²) in [5.74, 6) is 2.14. The first-order valence-corrected chi connectivity index (χ1v) is 8.03. The van der Waals surface area contributed by atoms with Crippen molar-refractivity contribution in [3.8, 4) is 11.6 Å². The number of fused-ring (bicyclic) bond motifs is 1. The van der Waals surface area contributed by atoms with Crippen molar-refractivity contribution in [3.63, 3.8) is 0 Å². The number of rotatable bonds is 6. The van der Waals surface area contributed by atoms with E-state index in [1.165, 1.54) is 16.3 Å². The topological polar surface area (TPSA) is 66.7 Å². The van der Waals surface area contributed by atoms with Gasteiger partial charge in [-0.3, -0.25) is 5.10 Å². The zero-order valence-electron chi connectivity index (χ0n) is 13.2. The van der Waals surface area contributed by atoms with Crippen molar-refractivity contribution in [2.75, 3.05) is 6.54 Å². The molecule has 0 atom stereocenters.